The van der Waals surface area contributed by atoms with Crippen LogP contribution in [-0.4, -0.2) is 21.2 Å². The highest BCUT2D eigenvalue weighted by Gasteiger charge is 2.10. The summed E-state index contributed by atoms with van der Waals surface area (Å²) in [6, 6.07) is 15.3. The summed E-state index contributed by atoms with van der Waals surface area (Å²) in [7, 11) is -3.65. The molecule has 2 rings (SSSR count). The Bertz CT molecular complexity index is 707. The second kappa shape index (κ2) is 7.75. The van der Waals surface area contributed by atoms with Crippen LogP contribution in [0.2, 0.25) is 0 Å². The Morgan fingerprint density at radius 1 is 1.05 bits per heavy atom. The first-order valence-electron chi connectivity index (χ1n) is 7.20. The Labute approximate surface area is 131 Å². The Morgan fingerprint density at radius 2 is 1.73 bits per heavy atom. The van der Waals surface area contributed by atoms with Crippen molar-refractivity contribution in [1.82, 2.24) is 0 Å². The van der Waals surface area contributed by atoms with E-state index in [1.54, 1.807) is 30.3 Å². The molecule has 0 radical (unpaired) electrons. The van der Waals surface area contributed by atoms with E-state index in [2.05, 4.69) is 11.3 Å². The molecule has 0 aromatic heterocycles. The van der Waals surface area contributed by atoms with Crippen molar-refractivity contribution in [2.24, 2.45) is 4.40 Å². The van der Waals surface area contributed by atoms with E-state index < -0.39 is 10.0 Å². The average Bonchev–Trinajstić information content (AvgIpc) is 2.55. The lowest BCUT2D eigenvalue weighted by atomic mass is 10.2. The quantitative estimate of drug-likeness (QED) is 0.578. The van der Waals surface area contributed by atoms with Gasteiger partial charge in [0, 0.05) is 6.21 Å². The van der Waals surface area contributed by atoms with E-state index in [0.29, 0.717) is 12.2 Å². The number of unbranched alkanes of at least 4 members (excludes halogenated alkanes) is 1. The molecule has 2 aromatic rings. The van der Waals surface area contributed by atoms with Gasteiger partial charge in [-0.3, -0.25) is 0 Å². The van der Waals surface area contributed by atoms with Gasteiger partial charge in [0.1, 0.15) is 5.75 Å². The monoisotopic (exact) mass is 317 g/mol. The number of hydrogen-bond acceptors (Lipinski definition) is 3. The fourth-order valence-corrected chi connectivity index (χ4v) is 2.65. The number of ether oxygens (including phenoxy) is 1. The molecular weight excluding hydrogens is 298 g/mol. The van der Waals surface area contributed by atoms with Crippen molar-refractivity contribution in [3.05, 3.63) is 60.2 Å². The van der Waals surface area contributed by atoms with Crippen molar-refractivity contribution in [2.45, 2.75) is 24.7 Å². The predicted molar refractivity (Wildman–Crippen MR) is 88.1 cm³/mol. The zero-order chi connectivity index (χ0) is 15.8. The lowest BCUT2D eigenvalue weighted by molar-refractivity contribution is 0.309. The topological polar surface area (TPSA) is 55.7 Å². The fourth-order valence-electron chi connectivity index (χ4n) is 1.77. The summed E-state index contributed by atoms with van der Waals surface area (Å²) in [5, 5.41) is 0. The fraction of sp³-hybridized carbons (Fsp3) is 0.235. The molecule has 116 valence electrons. The number of hydrogen-bond donors (Lipinski definition) is 0. The normalized spacial score (nSPS) is 11.7. The van der Waals surface area contributed by atoms with Crippen LogP contribution in [-0.2, 0) is 10.0 Å². The van der Waals surface area contributed by atoms with Gasteiger partial charge in [0.05, 0.1) is 11.5 Å². The molecule has 0 saturated carbocycles. The Morgan fingerprint density at radius 3 is 2.36 bits per heavy atom. The minimum absolute atomic E-state index is 0.186. The van der Waals surface area contributed by atoms with E-state index in [9.17, 15) is 8.42 Å². The van der Waals surface area contributed by atoms with Gasteiger partial charge >= 0.3 is 0 Å². The van der Waals surface area contributed by atoms with Gasteiger partial charge in [0.2, 0.25) is 0 Å². The van der Waals surface area contributed by atoms with Gasteiger partial charge in [-0.2, -0.15) is 12.8 Å². The first-order valence-corrected chi connectivity index (χ1v) is 8.64. The molecule has 4 nitrogen and oxygen atoms in total. The summed E-state index contributed by atoms with van der Waals surface area (Å²) in [6.45, 7) is 2.79. The lowest BCUT2D eigenvalue weighted by Crippen LogP contribution is -1.98. The van der Waals surface area contributed by atoms with Gasteiger partial charge in [-0.15, -0.1) is 0 Å². The van der Waals surface area contributed by atoms with E-state index in [-0.39, 0.29) is 4.90 Å². The maximum Gasteiger partial charge on any atom is 0.282 e. The highest BCUT2D eigenvalue weighted by molar-refractivity contribution is 7.90. The SMILES string of the molecule is CCCCOc1ccc(/C=N\S(=O)(=O)c2ccccc2)cc1. The molecule has 0 unspecified atom stereocenters. The van der Waals surface area contributed by atoms with Crippen LogP contribution in [0.4, 0.5) is 0 Å². The van der Waals surface area contributed by atoms with Gasteiger partial charge in [-0.1, -0.05) is 31.5 Å². The van der Waals surface area contributed by atoms with Crippen LogP contribution >= 0.6 is 0 Å². The molecule has 0 aliphatic carbocycles. The van der Waals surface area contributed by atoms with Crippen LogP contribution < -0.4 is 4.74 Å². The number of rotatable bonds is 7. The summed E-state index contributed by atoms with van der Waals surface area (Å²) in [6.07, 6.45) is 3.44. The van der Waals surface area contributed by atoms with Crippen LogP contribution in [0, 0.1) is 0 Å². The molecule has 0 atom stereocenters. The molecule has 0 spiro atoms. The summed E-state index contributed by atoms with van der Waals surface area (Å²) in [4.78, 5) is 0.186. The van der Waals surface area contributed by atoms with Crippen molar-refractivity contribution in [3.8, 4) is 5.75 Å². The van der Waals surface area contributed by atoms with Crippen molar-refractivity contribution < 1.29 is 13.2 Å². The average molecular weight is 317 g/mol. The van der Waals surface area contributed by atoms with Crippen molar-refractivity contribution in [2.75, 3.05) is 6.61 Å². The van der Waals surface area contributed by atoms with Gasteiger partial charge in [0.25, 0.3) is 10.0 Å². The third kappa shape index (κ3) is 4.70. The Hall–Kier alpha value is -2.14. The van der Waals surface area contributed by atoms with Crippen molar-refractivity contribution in [3.63, 3.8) is 0 Å². The number of benzene rings is 2. The smallest absolute Gasteiger partial charge is 0.282 e. The molecule has 0 saturated heterocycles. The summed E-state index contributed by atoms with van der Waals surface area (Å²) >= 11 is 0. The maximum atomic E-state index is 12.0. The molecule has 0 fully saturated rings. The van der Waals surface area contributed by atoms with E-state index in [4.69, 9.17) is 4.74 Å². The summed E-state index contributed by atoms with van der Waals surface area (Å²) < 4.78 is 33.3. The largest absolute Gasteiger partial charge is 0.494 e. The lowest BCUT2D eigenvalue weighted by Gasteiger charge is -2.04. The predicted octanol–water partition coefficient (Wildman–Crippen LogP) is 3.67. The highest BCUT2D eigenvalue weighted by atomic mass is 32.2. The maximum absolute atomic E-state index is 12.0. The second-order valence-corrected chi connectivity index (χ2v) is 6.43. The molecule has 2 aromatic carbocycles. The van der Waals surface area contributed by atoms with E-state index >= 15 is 0 Å². The number of nitrogens with zero attached hydrogens (tertiary/aromatic N) is 1. The molecular formula is C17H19NO3S. The van der Waals surface area contributed by atoms with Crippen LogP contribution in [0.15, 0.2) is 63.9 Å². The van der Waals surface area contributed by atoms with Gasteiger partial charge in [0.15, 0.2) is 0 Å². The van der Waals surface area contributed by atoms with Gasteiger partial charge < -0.3 is 4.74 Å². The molecule has 22 heavy (non-hydrogen) atoms. The van der Waals surface area contributed by atoms with Crippen molar-refractivity contribution in [1.29, 1.82) is 0 Å². The summed E-state index contributed by atoms with van der Waals surface area (Å²) in [5.74, 6) is 0.775. The Kier molecular flexibility index (Phi) is 5.72. The zero-order valence-electron chi connectivity index (χ0n) is 12.5. The van der Waals surface area contributed by atoms with Crippen LogP contribution in [0.25, 0.3) is 0 Å². The zero-order valence-corrected chi connectivity index (χ0v) is 13.3. The molecule has 0 aliphatic heterocycles. The second-order valence-electron chi connectivity index (χ2n) is 4.79. The van der Waals surface area contributed by atoms with Crippen LogP contribution in [0.5, 0.6) is 5.75 Å². The van der Waals surface area contributed by atoms with Crippen molar-refractivity contribution >= 4 is 16.2 Å². The third-order valence-electron chi connectivity index (χ3n) is 3.03. The molecule has 5 heteroatoms. The summed E-state index contributed by atoms with van der Waals surface area (Å²) in [5.41, 5.74) is 0.711. The number of sulfonamides is 1. The standard InChI is InChI=1S/C17H19NO3S/c1-2-3-13-21-16-11-9-15(10-12-16)14-18-22(19,20)17-7-5-4-6-8-17/h4-12,14H,2-3,13H2,1H3/b18-14-. The van der Waals surface area contributed by atoms with Gasteiger partial charge in [-0.25, -0.2) is 0 Å². The third-order valence-corrected chi connectivity index (χ3v) is 4.28. The first kappa shape index (κ1) is 16.2. The molecule has 0 N–H and O–H groups in total. The Balaban J connectivity index is 2.04. The van der Waals surface area contributed by atoms with E-state index in [0.717, 1.165) is 18.6 Å². The van der Waals surface area contributed by atoms with E-state index in [1.165, 1.54) is 18.3 Å². The van der Waals surface area contributed by atoms with E-state index in [1.807, 2.05) is 12.1 Å². The minimum Gasteiger partial charge on any atom is -0.494 e. The molecule has 0 amide bonds. The highest BCUT2D eigenvalue weighted by Crippen LogP contribution is 2.14. The molecule has 0 bridgehead atoms. The minimum atomic E-state index is -3.65. The first-order chi connectivity index (χ1) is 10.6. The van der Waals surface area contributed by atoms with Crippen LogP contribution in [0.3, 0.4) is 0 Å². The van der Waals surface area contributed by atoms with Gasteiger partial charge in [-0.05, 0) is 48.4 Å². The molecule has 0 aliphatic rings. The van der Waals surface area contributed by atoms with Crippen LogP contribution in [0.1, 0.15) is 25.3 Å². The molecule has 0 heterocycles.